The Morgan fingerprint density at radius 2 is 1.85 bits per heavy atom. The van der Waals surface area contributed by atoms with Crippen molar-refractivity contribution in [3.63, 3.8) is 0 Å². The molecule has 1 aromatic rings. The molecule has 1 aromatic heterocycles. The molecular formula is C10H18N2O. The summed E-state index contributed by atoms with van der Waals surface area (Å²) in [6.07, 6.45) is 7.23. The molecule has 74 valence electrons. The maximum atomic E-state index is 11.5. The van der Waals surface area contributed by atoms with Crippen molar-refractivity contribution in [1.82, 2.24) is 9.13 Å². The van der Waals surface area contributed by atoms with Crippen molar-refractivity contribution in [2.45, 2.75) is 46.2 Å². The van der Waals surface area contributed by atoms with Gasteiger partial charge in [-0.3, -0.25) is 9.13 Å². The smallest absolute Gasteiger partial charge is 0.300 e. The van der Waals surface area contributed by atoms with Crippen LogP contribution in [0.25, 0.3) is 0 Å². The molecule has 3 heteroatoms. The summed E-state index contributed by atoms with van der Waals surface area (Å²) in [6.45, 7) is 5.77. The quantitative estimate of drug-likeness (QED) is 0.638. The minimum absolute atomic E-state index is 0.124. The van der Waals surface area contributed by atoms with Crippen LogP contribution in [0.1, 0.15) is 33.1 Å². The van der Waals surface area contributed by atoms with Gasteiger partial charge in [0.1, 0.15) is 0 Å². The molecule has 0 aromatic carbocycles. The Bertz CT molecular complexity index is 298. The fourth-order valence-corrected chi connectivity index (χ4v) is 1.40. The SMILES string of the molecule is CCCCCn1ccn(CC)c1=O. The topological polar surface area (TPSA) is 26.9 Å². The molecule has 0 saturated carbocycles. The standard InChI is InChI=1S/C10H18N2O/c1-3-5-6-7-12-9-8-11(4-2)10(12)13/h8-9H,3-7H2,1-2H3. The monoisotopic (exact) mass is 182 g/mol. The van der Waals surface area contributed by atoms with Crippen LogP contribution in [-0.4, -0.2) is 9.13 Å². The third-order valence-corrected chi connectivity index (χ3v) is 2.26. The van der Waals surface area contributed by atoms with Crippen LogP contribution in [0, 0.1) is 0 Å². The minimum Gasteiger partial charge on any atom is -0.300 e. The molecule has 0 amide bonds. The number of hydrogen-bond donors (Lipinski definition) is 0. The fraction of sp³-hybridized carbons (Fsp3) is 0.700. The number of rotatable bonds is 5. The molecule has 0 aliphatic heterocycles. The number of hydrogen-bond acceptors (Lipinski definition) is 1. The summed E-state index contributed by atoms with van der Waals surface area (Å²) >= 11 is 0. The Hall–Kier alpha value is -0.990. The Labute approximate surface area is 79.0 Å². The molecule has 0 radical (unpaired) electrons. The average molecular weight is 182 g/mol. The van der Waals surface area contributed by atoms with E-state index in [1.807, 2.05) is 19.3 Å². The van der Waals surface area contributed by atoms with Crippen molar-refractivity contribution in [3.8, 4) is 0 Å². The molecule has 0 saturated heterocycles. The molecule has 0 fully saturated rings. The van der Waals surface area contributed by atoms with Gasteiger partial charge in [-0.1, -0.05) is 19.8 Å². The molecular weight excluding hydrogens is 164 g/mol. The van der Waals surface area contributed by atoms with Gasteiger partial charge in [-0.15, -0.1) is 0 Å². The molecule has 0 spiro atoms. The molecule has 0 unspecified atom stereocenters. The zero-order valence-electron chi connectivity index (χ0n) is 8.49. The summed E-state index contributed by atoms with van der Waals surface area (Å²) in [5.41, 5.74) is 0.124. The number of aryl methyl sites for hydroxylation is 2. The van der Waals surface area contributed by atoms with E-state index in [1.54, 1.807) is 9.13 Å². The first-order chi connectivity index (χ1) is 6.29. The van der Waals surface area contributed by atoms with Crippen molar-refractivity contribution >= 4 is 0 Å². The van der Waals surface area contributed by atoms with E-state index in [0.717, 1.165) is 19.5 Å². The first-order valence-electron chi connectivity index (χ1n) is 5.05. The van der Waals surface area contributed by atoms with Crippen molar-refractivity contribution in [2.24, 2.45) is 0 Å². The second kappa shape index (κ2) is 4.90. The number of imidazole rings is 1. The maximum Gasteiger partial charge on any atom is 0.328 e. The van der Waals surface area contributed by atoms with Gasteiger partial charge in [-0.25, -0.2) is 4.79 Å². The zero-order valence-corrected chi connectivity index (χ0v) is 8.49. The van der Waals surface area contributed by atoms with E-state index in [9.17, 15) is 4.79 Å². The Balaban J connectivity index is 2.57. The highest BCUT2D eigenvalue weighted by Gasteiger charge is 1.99. The van der Waals surface area contributed by atoms with E-state index in [0.29, 0.717) is 0 Å². The van der Waals surface area contributed by atoms with Gasteiger partial charge >= 0.3 is 5.69 Å². The molecule has 1 heterocycles. The lowest BCUT2D eigenvalue weighted by Gasteiger charge is -1.99. The van der Waals surface area contributed by atoms with Crippen molar-refractivity contribution in [3.05, 3.63) is 22.9 Å². The molecule has 0 bridgehead atoms. The molecule has 3 nitrogen and oxygen atoms in total. The van der Waals surface area contributed by atoms with E-state index in [4.69, 9.17) is 0 Å². The average Bonchev–Trinajstić information content (AvgIpc) is 2.48. The first kappa shape index (κ1) is 10.1. The van der Waals surface area contributed by atoms with E-state index in [-0.39, 0.29) is 5.69 Å². The van der Waals surface area contributed by atoms with Crippen LogP contribution in [0.4, 0.5) is 0 Å². The maximum absolute atomic E-state index is 11.5. The van der Waals surface area contributed by atoms with Crippen LogP contribution in [0.5, 0.6) is 0 Å². The summed E-state index contributed by atoms with van der Waals surface area (Å²) in [4.78, 5) is 11.5. The number of aromatic nitrogens is 2. The molecule has 0 aliphatic carbocycles. The van der Waals surface area contributed by atoms with Crippen LogP contribution in [0.3, 0.4) is 0 Å². The van der Waals surface area contributed by atoms with Gasteiger partial charge in [-0.2, -0.15) is 0 Å². The minimum atomic E-state index is 0.124. The summed E-state index contributed by atoms with van der Waals surface area (Å²) < 4.78 is 3.52. The summed E-state index contributed by atoms with van der Waals surface area (Å²) in [5.74, 6) is 0. The van der Waals surface area contributed by atoms with Crippen LogP contribution in [0.15, 0.2) is 17.2 Å². The second-order valence-electron chi connectivity index (χ2n) is 3.27. The molecule has 0 aliphatic rings. The van der Waals surface area contributed by atoms with Crippen molar-refractivity contribution in [1.29, 1.82) is 0 Å². The molecule has 0 N–H and O–H groups in total. The highest BCUT2D eigenvalue weighted by atomic mass is 16.1. The Kier molecular flexibility index (Phi) is 3.80. The summed E-state index contributed by atoms with van der Waals surface area (Å²) in [5, 5.41) is 0. The molecule has 13 heavy (non-hydrogen) atoms. The van der Waals surface area contributed by atoms with Crippen LogP contribution in [0.2, 0.25) is 0 Å². The van der Waals surface area contributed by atoms with E-state index >= 15 is 0 Å². The van der Waals surface area contributed by atoms with Gasteiger partial charge < -0.3 is 0 Å². The van der Waals surface area contributed by atoms with Gasteiger partial charge in [0, 0.05) is 25.5 Å². The number of unbranched alkanes of at least 4 members (excludes halogenated alkanes) is 2. The first-order valence-corrected chi connectivity index (χ1v) is 5.05. The van der Waals surface area contributed by atoms with Gasteiger partial charge in [0.2, 0.25) is 0 Å². The molecule has 0 atom stereocenters. The van der Waals surface area contributed by atoms with Crippen LogP contribution >= 0.6 is 0 Å². The third-order valence-electron chi connectivity index (χ3n) is 2.26. The highest BCUT2D eigenvalue weighted by molar-refractivity contribution is 4.80. The van der Waals surface area contributed by atoms with Crippen LogP contribution in [-0.2, 0) is 13.1 Å². The fourth-order valence-electron chi connectivity index (χ4n) is 1.40. The Morgan fingerprint density at radius 3 is 2.38 bits per heavy atom. The van der Waals surface area contributed by atoms with E-state index in [2.05, 4.69) is 6.92 Å². The van der Waals surface area contributed by atoms with Crippen molar-refractivity contribution in [2.75, 3.05) is 0 Å². The van der Waals surface area contributed by atoms with E-state index in [1.165, 1.54) is 12.8 Å². The van der Waals surface area contributed by atoms with Crippen LogP contribution < -0.4 is 5.69 Å². The van der Waals surface area contributed by atoms with Gasteiger partial charge in [0.15, 0.2) is 0 Å². The predicted octanol–water partition coefficient (Wildman–Crippen LogP) is 1.86. The summed E-state index contributed by atoms with van der Waals surface area (Å²) in [7, 11) is 0. The van der Waals surface area contributed by atoms with E-state index < -0.39 is 0 Å². The van der Waals surface area contributed by atoms with Gasteiger partial charge in [0.05, 0.1) is 0 Å². The lowest BCUT2D eigenvalue weighted by Crippen LogP contribution is -2.23. The second-order valence-corrected chi connectivity index (χ2v) is 3.27. The molecule has 1 rings (SSSR count). The van der Waals surface area contributed by atoms with Crippen molar-refractivity contribution < 1.29 is 0 Å². The Morgan fingerprint density at radius 1 is 1.15 bits per heavy atom. The third kappa shape index (κ3) is 2.47. The lowest BCUT2D eigenvalue weighted by molar-refractivity contribution is 0.571. The lowest BCUT2D eigenvalue weighted by atomic mass is 10.2. The highest BCUT2D eigenvalue weighted by Crippen LogP contribution is 1.96. The zero-order chi connectivity index (χ0) is 9.68. The predicted molar refractivity (Wildman–Crippen MR) is 53.9 cm³/mol. The largest absolute Gasteiger partial charge is 0.328 e. The summed E-state index contributed by atoms with van der Waals surface area (Å²) in [6, 6.07) is 0. The van der Waals surface area contributed by atoms with Gasteiger partial charge in [0.25, 0.3) is 0 Å². The normalized spacial score (nSPS) is 10.6. The number of nitrogens with zero attached hydrogens (tertiary/aromatic N) is 2. The van der Waals surface area contributed by atoms with Gasteiger partial charge in [-0.05, 0) is 13.3 Å².